The van der Waals surface area contributed by atoms with Crippen molar-refractivity contribution in [3.05, 3.63) is 0 Å². The molecule has 1 aliphatic heterocycles. The van der Waals surface area contributed by atoms with Gasteiger partial charge in [-0.15, -0.1) is 0 Å². The van der Waals surface area contributed by atoms with Crippen molar-refractivity contribution in [3.8, 4) is 0 Å². The van der Waals surface area contributed by atoms with Gasteiger partial charge < -0.3 is 37.2 Å². The van der Waals surface area contributed by atoms with E-state index in [9.17, 15) is 34.2 Å². The summed E-state index contributed by atoms with van der Waals surface area (Å²) in [5.41, 5.74) is 5.17. The number of aliphatic carboxylic acids is 1. The van der Waals surface area contributed by atoms with E-state index >= 15 is 0 Å². The molecule has 0 bridgehead atoms. The maximum Gasteiger partial charge on any atom is 0.326 e. The molecule has 176 valence electrons. The van der Waals surface area contributed by atoms with Crippen molar-refractivity contribution in [1.82, 2.24) is 21.3 Å². The number of nitrogens with one attached hydrogen (secondary N) is 4. The lowest BCUT2D eigenvalue weighted by Gasteiger charge is -2.26. The lowest BCUT2D eigenvalue weighted by atomic mass is 10.1. The average molecular weight is 462 g/mol. The van der Waals surface area contributed by atoms with E-state index in [0.717, 1.165) is 6.42 Å². The second-order valence-electron chi connectivity index (χ2n) is 7.29. The Kier molecular flexibility index (Phi) is 11.3. The summed E-state index contributed by atoms with van der Waals surface area (Å²) in [5.74, 6) is -3.91. The molecular formula is C18H31N5O7S. The number of amides is 4. The van der Waals surface area contributed by atoms with Crippen molar-refractivity contribution >= 4 is 41.4 Å². The normalized spacial score (nSPS) is 19.5. The van der Waals surface area contributed by atoms with Crippen LogP contribution in [0.3, 0.4) is 0 Å². The smallest absolute Gasteiger partial charge is 0.326 e. The van der Waals surface area contributed by atoms with Crippen molar-refractivity contribution in [2.75, 3.05) is 18.6 Å². The molecule has 1 heterocycles. The molecule has 0 aliphatic carbocycles. The third-order valence-electron chi connectivity index (χ3n) is 4.70. The van der Waals surface area contributed by atoms with Gasteiger partial charge in [0.05, 0.1) is 18.6 Å². The number of primary amides is 1. The van der Waals surface area contributed by atoms with E-state index in [1.165, 1.54) is 18.7 Å². The van der Waals surface area contributed by atoms with Gasteiger partial charge in [0.1, 0.15) is 18.1 Å². The highest BCUT2D eigenvalue weighted by Gasteiger charge is 2.33. The van der Waals surface area contributed by atoms with Gasteiger partial charge in [0.2, 0.25) is 23.6 Å². The van der Waals surface area contributed by atoms with Crippen LogP contribution in [0.4, 0.5) is 0 Å². The molecule has 5 unspecified atom stereocenters. The van der Waals surface area contributed by atoms with Crippen LogP contribution >= 0.6 is 11.8 Å². The Morgan fingerprint density at radius 2 is 1.81 bits per heavy atom. The van der Waals surface area contributed by atoms with E-state index in [-0.39, 0.29) is 6.42 Å². The van der Waals surface area contributed by atoms with E-state index in [0.29, 0.717) is 18.7 Å². The molecule has 1 aliphatic rings. The molecule has 1 fully saturated rings. The quantitative estimate of drug-likeness (QED) is 0.152. The van der Waals surface area contributed by atoms with Gasteiger partial charge in [-0.3, -0.25) is 19.2 Å². The highest BCUT2D eigenvalue weighted by Crippen LogP contribution is 2.07. The fraction of sp³-hybridized carbons (Fsp3) is 0.722. The zero-order chi connectivity index (χ0) is 23.6. The number of hydrogen-bond acceptors (Lipinski definition) is 8. The largest absolute Gasteiger partial charge is 0.480 e. The Bertz CT molecular complexity index is 670. The van der Waals surface area contributed by atoms with Crippen LogP contribution in [0.5, 0.6) is 0 Å². The first-order valence-electron chi connectivity index (χ1n) is 9.89. The Labute approximate surface area is 184 Å². The molecule has 8 N–H and O–H groups in total. The number of aliphatic hydroxyl groups is 1. The summed E-state index contributed by atoms with van der Waals surface area (Å²) in [4.78, 5) is 60.2. The minimum atomic E-state index is -1.50. The van der Waals surface area contributed by atoms with Crippen LogP contribution in [0.25, 0.3) is 0 Å². The summed E-state index contributed by atoms with van der Waals surface area (Å²) in [6.45, 7) is 1.89. The Morgan fingerprint density at radius 1 is 1.13 bits per heavy atom. The molecule has 0 spiro atoms. The predicted octanol–water partition coefficient (Wildman–Crippen LogP) is -2.71. The number of carboxylic acid groups (broad SMARTS) is 1. The zero-order valence-electron chi connectivity index (χ0n) is 17.6. The van der Waals surface area contributed by atoms with E-state index < -0.39 is 66.3 Å². The SMILES string of the molecule is CSCCC(NC(=O)C(NC(=O)C(CC(N)=O)NC(=O)C1CCCN1)C(C)O)C(=O)O. The molecule has 1 saturated heterocycles. The summed E-state index contributed by atoms with van der Waals surface area (Å²) in [5, 5.41) is 29.2. The third kappa shape index (κ3) is 9.11. The molecule has 0 radical (unpaired) electrons. The fourth-order valence-corrected chi connectivity index (χ4v) is 3.48. The number of carbonyl (C=O) groups is 5. The van der Waals surface area contributed by atoms with E-state index in [2.05, 4.69) is 21.3 Å². The number of thioether (sulfide) groups is 1. The van der Waals surface area contributed by atoms with Crippen LogP contribution in [0.2, 0.25) is 0 Å². The van der Waals surface area contributed by atoms with Gasteiger partial charge >= 0.3 is 5.97 Å². The van der Waals surface area contributed by atoms with Crippen molar-refractivity contribution in [1.29, 1.82) is 0 Å². The van der Waals surface area contributed by atoms with Gasteiger partial charge in [-0.25, -0.2) is 4.79 Å². The Morgan fingerprint density at radius 3 is 2.29 bits per heavy atom. The predicted molar refractivity (Wildman–Crippen MR) is 113 cm³/mol. The van der Waals surface area contributed by atoms with E-state index in [1.54, 1.807) is 6.26 Å². The highest BCUT2D eigenvalue weighted by atomic mass is 32.2. The minimum absolute atomic E-state index is 0.150. The number of rotatable bonds is 13. The van der Waals surface area contributed by atoms with Gasteiger partial charge in [-0.1, -0.05) is 0 Å². The first-order valence-corrected chi connectivity index (χ1v) is 11.3. The molecule has 0 saturated carbocycles. The maximum atomic E-state index is 12.7. The Balaban J connectivity index is 2.86. The van der Waals surface area contributed by atoms with Crippen LogP contribution in [0.15, 0.2) is 0 Å². The van der Waals surface area contributed by atoms with Gasteiger partial charge in [0.15, 0.2) is 0 Å². The summed E-state index contributed by atoms with van der Waals surface area (Å²) in [6.07, 6.45) is 1.41. The number of aliphatic hydroxyl groups excluding tert-OH is 1. The number of hydrogen-bond donors (Lipinski definition) is 7. The molecular weight excluding hydrogens is 430 g/mol. The van der Waals surface area contributed by atoms with Gasteiger partial charge in [0.25, 0.3) is 0 Å². The van der Waals surface area contributed by atoms with Gasteiger partial charge in [-0.05, 0) is 44.7 Å². The van der Waals surface area contributed by atoms with E-state index in [4.69, 9.17) is 5.73 Å². The number of nitrogens with two attached hydrogens (primary N) is 1. The lowest BCUT2D eigenvalue weighted by molar-refractivity contribution is -0.143. The zero-order valence-corrected chi connectivity index (χ0v) is 18.4. The van der Waals surface area contributed by atoms with Crippen molar-refractivity contribution in [3.63, 3.8) is 0 Å². The molecule has 12 nitrogen and oxygen atoms in total. The average Bonchev–Trinajstić information content (AvgIpc) is 3.22. The summed E-state index contributed by atoms with van der Waals surface area (Å²) in [7, 11) is 0. The van der Waals surface area contributed by atoms with Crippen LogP contribution in [0.1, 0.15) is 32.6 Å². The molecule has 4 amide bonds. The highest BCUT2D eigenvalue weighted by molar-refractivity contribution is 7.98. The number of carbonyl (C=O) groups excluding carboxylic acids is 4. The maximum absolute atomic E-state index is 12.7. The van der Waals surface area contributed by atoms with Crippen LogP contribution < -0.4 is 27.0 Å². The molecule has 1 rings (SSSR count). The van der Waals surface area contributed by atoms with Crippen molar-refractivity contribution in [2.24, 2.45) is 5.73 Å². The monoisotopic (exact) mass is 461 g/mol. The second kappa shape index (κ2) is 13.1. The molecule has 0 aromatic rings. The second-order valence-corrected chi connectivity index (χ2v) is 8.27. The molecule has 5 atom stereocenters. The van der Waals surface area contributed by atoms with Crippen LogP contribution in [-0.4, -0.2) is 88.6 Å². The third-order valence-corrected chi connectivity index (χ3v) is 5.35. The van der Waals surface area contributed by atoms with Crippen LogP contribution in [-0.2, 0) is 24.0 Å². The fourth-order valence-electron chi connectivity index (χ4n) is 3.00. The minimum Gasteiger partial charge on any atom is -0.480 e. The topological polar surface area (TPSA) is 200 Å². The standard InChI is InChI=1S/C18H31N5O7S/c1-9(24)14(17(28)21-11(18(29)30)5-7-31-2)23-16(27)12(8-13(19)25)22-15(26)10-4-3-6-20-10/h9-12,14,20,24H,3-8H2,1-2H3,(H2,19,25)(H,21,28)(H,22,26)(H,23,27)(H,29,30). The van der Waals surface area contributed by atoms with Crippen LogP contribution in [0, 0.1) is 0 Å². The number of carboxylic acids is 1. The molecule has 13 heteroatoms. The van der Waals surface area contributed by atoms with Crippen molar-refractivity contribution in [2.45, 2.75) is 62.9 Å². The van der Waals surface area contributed by atoms with Gasteiger partial charge in [-0.2, -0.15) is 11.8 Å². The summed E-state index contributed by atoms with van der Waals surface area (Å²) >= 11 is 1.40. The molecule has 31 heavy (non-hydrogen) atoms. The van der Waals surface area contributed by atoms with Crippen molar-refractivity contribution < 1.29 is 34.2 Å². The Hall–Kier alpha value is -2.38. The summed E-state index contributed by atoms with van der Waals surface area (Å²) < 4.78 is 0. The van der Waals surface area contributed by atoms with E-state index in [1.807, 2.05) is 0 Å². The van der Waals surface area contributed by atoms with Gasteiger partial charge in [0, 0.05) is 0 Å². The molecule has 0 aromatic carbocycles. The first-order chi connectivity index (χ1) is 14.6. The lowest BCUT2D eigenvalue weighted by Crippen LogP contribution is -2.60. The molecule has 0 aromatic heterocycles. The summed E-state index contributed by atoms with van der Waals surface area (Å²) in [6, 6.07) is -4.56. The first kappa shape index (κ1) is 26.7.